The zero-order valence-corrected chi connectivity index (χ0v) is 13.1. The van der Waals surface area contributed by atoms with E-state index in [9.17, 15) is 9.59 Å². The van der Waals surface area contributed by atoms with Crippen molar-refractivity contribution in [1.82, 2.24) is 20.1 Å². The van der Waals surface area contributed by atoms with Gasteiger partial charge in [0, 0.05) is 24.8 Å². The van der Waals surface area contributed by atoms with Crippen LogP contribution in [0.1, 0.15) is 32.9 Å². The van der Waals surface area contributed by atoms with E-state index in [-0.39, 0.29) is 23.2 Å². The van der Waals surface area contributed by atoms with Crippen LogP contribution in [-0.2, 0) is 13.6 Å². The van der Waals surface area contributed by atoms with Gasteiger partial charge in [0.05, 0.1) is 11.3 Å². The van der Waals surface area contributed by atoms with Gasteiger partial charge in [0.25, 0.3) is 11.5 Å². The van der Waals surface area contributed by atoms with Crippen molar-refractivity contribution >= 4 is 17.5 Å². The molecule has 2 N–H and O–H groups in total. The monoisotopic (exact) mass is 308 g/mol. The first kappa shape index (κ1) is 15.3. The number of nitrogens with zero attached hydrogens (tertiary/aromatic N) is 2. The second-order valence-corrected chi connectivity index (χ2v) is 5.36. The molecule has 2 heterocycles. The molecule has 1 amide bonds. The molecule has 0 bridgehead atoms. The Morgan fingerprint density at radius 2 is 2.10 bits per heavy atom. The number of pyridine rings is 1. The summed E-state index contributed by atoms with van der Waals surface area (Å²) in [5.74, 6) is -0.343. The van der Waals surface area contributed by atoms with Gasteiger partial charge in [-0.25, -0.2) is 0 Å². The summed E-state index contributed by atoms with van der Waals surface area (Å²) in [6.45, 7) is 5.51. The van der Waals surface area contributed by atoms with Gasteiger partial charge >= 0.3 is 0 Å². The number of halogens is 1. The molecule has 0 aromatic carbocycles. The summed E-state index contributed by atoms with van der Waals surface area (Å²) in [6.07, 6.45) is 0. The number of carbonyl (C=O) groups is 1. The highest BCUT2D eigenvalue weighted by Crippen LogP contribution is 2.18. The van der Waals surface area contributed by atoms with Gasteiger partial charge in [0.1, 0.15) is 5.15 Å². The summed E-state index contributed by atoms with van der Waals surface area (Å²) in [6, 6.07) is 1.87. The molecule has 0 aliphatic heterocycles. The largest absolute Gasteiger partial charge is 0.348 e. The third-order valence-corrected chi connectivity index (χ3v) is 3.73. The minimum Gasteiger partial charge on any atom is -0.348 e. The lowest BCUT2D eigenvalue weighted by molar-refractivity contribution is 0.0950. The van der Waals surface area contributed by atoms with Gasteiger partial charge in [-0.3, -0.25) is 14.3 Å². The summed E-state index contributed by atoms with van der Waals surface area (Å²) >= 11 is 6.05. The van der Waals surface area contributed by atoms with Crippen LogP contribution in [0.2, 0.25) is 5.15 Å². The van der Waals surface area contributed by atoms with E-state index >= 15 is 0 Å². The fraction of sp³-hybridized carbons (Fsp3) is 0.357. The van der Waals surface area contributed by atoms with Crippen LogP contribution < -0.4 is 10.9 Å². The van der Waals surface area contributed by atoms with Gasteiger partial charge < -0.3 is 10.3 Å². The van der Waals surface area contributed by atoms with Crippen LogP contribution in [0.3, 0.4) is 0 Å². The molecular formula is C14H17ClN4O2. The second-order valence-electron chi connectivity index (χ2n) is 5.00. The summed E-state index contributed by atoms with van der Waals surface area (Å²) < 4.78 is 1.44. The quantitative estimate of drug-likeness (QED) is 0.904. The molecule has 2 aromatic rings. The van der Waals surface area contributed by atoms with Crippen molar-refractivity contribution in [1.29, 1.82) is 0 Å². The number of rotatable bonds is 3. The van der Waals surface area contributed by atoms with Gasteiger partial charge in [0.2, 0.25) is 0 Å². The van der Waals surface area contributed by atoms with Crippen LogP contribution in [0.25, 0.3) is 0 Å². The number of hydrogen-bond donors (Lipinski definition) is 2. The third kappa shape index (κ3) is 3.00. The van der Waals surface area contributed by atoms with Crippen LogP contribution in [0.5, 0.6) is 0 Å². The highest BCUT2D eigenvalue weighted by atomic mass is 35.5. The highest BCUT2D eigenvalue weighted by Gasteiger charge is 2.19. The number of nitrogens with one attached hydrogen (secondary N) is 2. The molecule has 6 nitrogen and oxygen atoms in total. The van der Waals surface area contributed by atoms with E-state index < -0.39 is 0 Å². The molecule has 0 saturated heterocycles. The molecule has 21 heavy (non-hydrogen) atoms. The smallest absolute Gasteiger partial charge is 0.256 e. The fourth-order valence-electron chi connectivity index (χ4n) is 2.25. The Balaban J connectivity index is 2.21. The molecule has 0 saturated carbocycles. The van der Waals surface area contributed by atoms with E-state index in [1.807, 2.05) is 19.9 Å². The highest BCUT2D eigenvalue weighted by molar-refractivity contribution is 6.33. The molecule has 0 aliphatic rings. The predicted molar refractivity (Wildman–Crippen MR) is 80.7 cm³/mol. The molecule has 0 aliphatic carbocycles. The number of H-pyrrole nitrogens is 1. The van der Waals surface area contributed by atoms with Crippen molar-refractivity contribution < 1.29 is 4.79 Å². The van der Waals surface area contributed by atoms with Crippen LogP contribution in [0.4, 0.5) is 0 Å². The van der Waals surface area contributed by atoms with E-state index in [1.165, 1.54) is 4.68 Å². The minimum atomic E-state index is -0.343. The zero-order valence-electron chi connectivity index (χ0n) is 12.4. The van der Waals surface area contributed by atoms with Crippen molar-refractivity contribution in [2.24, 2.45) is 7.05 Å². The van der Waals surface area contributed by atoms with Gasteiger partial charge in [-0.2, -0.15) is 5.10 Å². The number of carbonyl (C=O) groups excluding carboxylic acids is 1. The molecule has 0 radical (unpaired) electrons. The second kappa shape index (κ2) is 5.73. The van der Waals surface area contributed by atoms with Gasteiger partial charge in [-0.05, 0) is 32.4 Å². The Morgan fingerprint density at radius 3 is 2.62 bits per heavy atom. The maximum absolute atomic E-state index is 12.2. The first-order valence-corrected chi connectivity index (χ1v) is 6.85. The third-order valence-electron chi connectivity index (χ3n) is 3.30. The normalized spacial score (nSPS) is 10.7. The molecule has 0 fully saturated rings. The van der Waals surface area contributed by atoms with Gasteiger partial charge in [-0.1, -0.05) is 11.6 Å². The summed E-state index contributed by atoms with van der Waals surface area (Å²) in [5, 5.41) is 7.08. The molecule has 2 aromatic heterocycles. The number of hydrogen-bond acceptors (Lipinski definition) is 3. The van der Waals surface area contributed by atoms with E-state index in [0.717, 1.165) is 11.3 Å². The molecular weight excluding hydrogens is 292 g/mol. The fourth-order valence-corrected chi connectivity index (χ4v) is 2.51. The Labute approximate surface area is 127 Å². The van der Waals surface area contributed by atoms with Crippen LogP contribution in [-0.4, -0.2) is 20.7 Å². The Morgan fingerprint density at radius 1 is 1.43 bits per heavy atom. The van der Waals surface area contributed by atoms with Gasteiger partial charge in [0.15, 0.2) is 0 Å². The molecule has 0 atom stereocenters. The Kier molecular flexibility index (Phi) is 4.18. The topological polar surface area (TPSA) is 79.8 Å². The standard InChI is InChI=1S/C14H17ClN4O2/c1-7-5-8(2)17-13(20)10(7)6-16-14(21)11-9(3)18-19(4)12(11)15/h5H,6H2,1-4H3,(H,16,21)(H,17,20). The summed E-state index contributed by atoms with van der Waals surface area (Å²) in [7, 11) is 1.67. The van der Waals surface area contributed by atoms with Crippen LogP contribution in [0, 0.1) is 20.8 Å². The maximum atomic E-state index is 12.2. The van der Waals surface area contributed by atoms with E-state index in [1.54, 1.807) is 14.0 Å². The number of aryl methyl sites for hydroxylation is 4. The molecule has 0 unspecified atom stereocenters. The van der Waals surface area contributed by atoms with Gasteiger partial charge in [-0.15, -0.1) is 0 Å². The minimum absolute atomic E-state index is 0.144. The van der Waals surface area contributed by atoms with E-state index in [0.29, 0.717) is 16.8 Å². The van der Waals surface area contributed by atoms with Crippen molar-refractivity contribution in [2.75, 3.05) is 0 Å². The van der Waals surface area contributed by atoms with Crippen molar-refractivity contribution in [3.05, 3.63) is 49.7 Å². The molecule has 2 rings (SSSR count). The van der Waals surface area contributed by atoms with E-state index in [4.69, 9.17) is 11.6 Å². The Bertz CT molecular complexity index is 761. The van der Waals surface area contributed by atoms with Crippen molar-refractivity contribution in [3.63, 3.8) is 0 Å². The lowest BCUT2D eigenvalue weighted by Gasteiger charge is -2.08. The number of aromatic nitrogens is 3. The molecule has 7 heteroatoms. The lowest BCUT2D eigenvalue weighted by atomic mass is 10.1. The summed E-state index contributed by atoms with van der Waals surface area (Å²) in [5.41, 5.74) is 2.85. The number of amides is 1. The first-order chi connectivity index (χ1) is 9.81. The zero-order chi connectivity index (χ0) is 15.7. The van der Waals surface area contributed by atoms with Crippen LogP contribution >= 0.6 is 11.6 Å². The SMILES string of the molecule is Cc1cc(C)c(CNC(=O)c2c(C)nn(C)c2Cl)c(=O)[nH]1. The van der Waals surface area contributed by atoms with Crippen molar-refractivity contribution in [2.45, 2.75) is 27.3 Å². The van der Waals surface area contributed by atoms with E-state index in [2.05, 4.69) is 15.4 Å². The average molecular weight is 309 g/mol. The summed E-state index contributed by atoms with van der Waals surface area (Å²) in [4.78, 5) is 26.8. The lowest BCUT2D eigenvalue weighted by Crippen LogP contribution is -2.28. The first-order valence-electron chi connectivity index (χ1n) is 6.48. The molecule has 0 spiro atoms. The number of aromatic amines is 1. The van der Waals surface area contributed by atoms with Crippen LogP contribution in [0.15, 0.2) is 10.9 Å². The average Bonchev–Trinajstić information content (AvgIpc) is 2.61. The van der Waals surface area contributed by atoms with Crippen molar-refractivity contribution in [3.8, 4) is 0 Å². The maximum Gasteiger partial charge on any atom is 0.256 e. The Hall–Kier alpha value is -2.08. The molecule has 112 valence electrons. The predicted octanol–water partition coefficient (Wildman–Crippen LogP) is 1.62.